The summed E-state index contributed by atoms with van der Waals surface area (Å²) in [5.74, 6) is 0. The van der Waals surface area contributed by atoms with Gasteiger partial charge in [-0.3, -0.25) is 0 Å². The molecule has 25 heavy (non-hydrogen) atoms. The normalized spacial score (nSPS) is 18.5. The SMILES string of the molecule is CCc1nc2c(cnn2CC)c(NC2CCCCOCC2)c1CC#N. The first-order valence-corrected chi connectivity index (χ1v) is 9.36. The van der Waals surface area contributed by atoms with Crippen LogP contribution in [0.2, 0.25) is 0 Å². The van der Waals surface area contributed by atoms with Crippen LogP contribution in [-0.2, 0) is 24.1 Å². The smallest absolute Gasteiger partial charge is 0.160 e. The summed E-state index contributed by atoms with van der Waals surface area (Å²) in [6, 6.07) is 2.67. The fraction of sp³-hybridized carbons (Fsp3) is 0.632. The largest absolute Gasteiger partial charge is 0.381 e. The number of aromatic nitrogens is 3. The number of nitrogens with one attached hydrogen (secondary N) is 1. The highest BCUT2D eigenvalue weighted by atomic mass is 16.5. The fourth-order valence-corrected chi connectivity index (χ4v) is 3.55. The molecule has 0 spiro atoms. The molecular formula is C19H27N5O. The molecule has 0 amide bonds. The van der Waals surface area contributed by atoms with Gasteiger partial charge in [-0.05, 0) is 39.0 Å². The summed E-state index contributed by atoms with van der Waals surface area (Å²) < 4.78 is 7.58. The van der Waals surface area contributed by atoms with Crippen LogP contribution >= 0.6 is 0 Å². The van der Waals surface area contributed by atoms with E-state index in [1.165, 1.54) is 0 Å². The lowest BCUT2D eigenvalue weighted by molar-refractivity contribution is 0.113. The number of hydrogen-bond acceptors (Lipinski definition) is 5. The molecule has 1 aliphatic heterocycles. The second kappa shape index (κ2) is 8.30. The molecule has 0 aromatic carbocycles. The van der Waals surface area contributed by atoms with E-state index in [1.807, 2.05) is 10.9 Å². The maximum atomic E-state index is 9.33. The van der Waals surface area contributed by atoms with Crippen LogP contribution < -0.4 is 5.32 Å². The average Bonchev–Trinajstić information content (AvgIpc) is 3.01. The predicted molar refractivity (Wildman–Crippen MR) is 98.6 cm³/mol. The number of rotatable bonds is 5. The molecule has 6 heteroatoms. The number of fused-ring (bicyclic) bond motifs is 1. The third kappa shape index (κ3) is 3.77. The van der Waals surface area contributed by atoms with Gasteiger partial charge in [0.2, 0.25) is 0 Å². The molecule has 134 valence electrons. The van der Waals surface area contributed by atoms with Crippen molar-refractivity contribution >= 4 is 16.7 Å². The van der Waals surface area contributed by atoms with Gasteiger partial charge in [-0.2, -0.15) is 10.4 Å². The van der Waals surface area contributed by atoms with E-state index in [-0.39, 0.29) is 0 Å². The zero-order valence-corrected chi connectivity index (χ0v) is 15.2. The topological polar surface area (TPSA) is 75.8 Å². The van der Waals surface area contributed by atoms with Gasteiger partial charge in [-0.1, -0.05) is 6.92 Å². The number of aryl methyl sites for hydroxylation is 2. The third-order valence-corrected chi connectivity index (χ3v) is 4.91. The van der Waals surface area contributed by atoms with Crippen molar-refractivity contribution in [2.45, 2.75) is 65.0 Å². The summed E-state index contributed by atoms with van der Waals surface area (Å²) >= 11 is 0. The predicted octanol–water partition coefficient (Wildman–Crippen LogP) is 3.45. The first-order chi connectivity index (χ1) is 12.3. The van der Waals surface area contributed by atoms with Crippen LogP contribution in [-0.4, -0.2) is 34.0 Å². The zero-order valence-electron chi connectivity index (χ0n) is 15.2. The molecule has 1 saturated heterocycles. The standard InChI is InChI=1S/C19H27N5O/c1-3-17-15(8-10-20)18(16-13-21-24(4-2)19(16)23-17)22-14-7-5-6-11-25-12-9-14/h13-14H,3-9,11-12H2,1-2H3,(H,22,23). The Morgan fingerprint density at radius 2 is 2.20 bits per heavy atom. The second-order valence-electron chi connectivity index (χ2n) is 6.54. The molecule has 0 aliphatic carbocycles. The molecule has 0 saturated carbocycles. The van der Waals surface area contributed by atoms with Crippen molar-refractivity contribution < 1.29 is 4.74 Å². The Morgan fingerprint density at radius 3 is 2.96 bits per heavy atom. The Morgan fingerprint density at radius 1 is 1.32 bits per heavy atom. The number of nitrogens with zero attached hydrogens (tertiary/aromatic N) is 4. The number of hydrogen-bond donors (Lipinski definition) is 1. The van der Waals surface area contributed by atoms with Gasteiger partial charge in [0.1, 0.15) is 0 Å². The van der Waals surface area contributed by atoms with Gasteiger partial charge in [0.05, 0.1) is 29.8 Å². The zero-order chi connectivity index (χ0) is 17.6. The quantitative estimate of drug-likeness (QED) is 0.901. The molecule has 3 rings (SSSR count). The molecule has 2 aromatic heterocycles. The minimum atomic E-state index is 0.359. The van der Waals surface area contributed by atoms with E-state index in [2.05, 4.69) is 30.3 Å². The maximum Gasteiger partial charge on any atom is 0.160 e. The van der Waals surface area contributed by atoms with Crippen molar-refractivity contribution in [1.82, 2.24) is 14.8 Å². The Kier molecular flexibility index (Phi) is 5.87. The number of nitriles is 1. The van der Waals surface area contributed by atoms with E-state index in [1.54, 1.807) is 0 Å². The van der Waals surface area contributed by atoms with Crippen molar-refractivity contribution in [2.75, 3.05) is 18.5 Å². The van der Waals surface area contributed by atoms with Crippen molar-refractivity contribution in [1.29, 1.82) is 5.26 Å². The van der Waals surface area contributed by atoms with E-state index in [0.717, 1.165) is 79.8 Å². The average molecular weight is 341 g/mol. The number of ether oxygens (including phenoxy) is 1. The third-order valence-electron chi connectivity index (χ3n) is 4.91. The Balaban J connectivity index is 2.04. The van der Waals surface area contributed by atoms with Crippen molar-refractivity contribution in [3.05, 3.63) is 17.5 Å². The summed E-state index contributed by atoms with van der Waals surface area (Å²) in [5.41, 5.74) is 3.98. The van der Waals surface area contributed by atoms with Gasteiger partial charge in [0.25, 0.3) is 0 Å². The lowest BCUT2D eigenvalue weighted by Gasteiger charge is -2.24. The lowest BCUT2D eigenvalue weighted by Crippen LogP contribution is -2.25. The highest BCUT2D eigenvalue weighted by Crippen LogP contribution is 2.31. The van der Waals surface area contributed by atoms with E-state index < -0.39 is 0 Å². The molecule has 0 bridgehead atoms. The maximum absolute atomic E-state index is 9.33. The van der Waals surface area contributed by atoms with Crippen LogP contribution in [0.15, 0.2) is 6.20 Å². The fourth-order valence-electron chi connectivity index (χ4n) is 3.55. The molecule has 1 aliphatic rings. The summed E-state index contributed by atoms with van der Waals surface area (Å²) in [5, 5.41) is 18.6. The first-order valence-electron chi connectivity index (χ1n) is 9.36. The van der Waals surface area contributed by atoms with Crippen LogP contribution in [0.25, 0.3) is 11.0 Å². The van der Waals surface area contributed by atoms with Crippen molar-refractivity contribution in [3.8, 4) is 6.07 Å². The van der Waals surface area contributed by atoms with Gasteiger partial charge in [0.15, 0.2) is 5.65 Å². The van der Waals surface area contributed by atoms with Gasteiger partial charge < -0.3 is 10.1 Å². The monoisotopic (exact) mass is 341 g/mol. The summed E-state index contributed by atoms with van der Waals surface area (Å²) in [4.78, 5) is 4.81. The molecule has 1 atom stereocenters. The molecule has 6 nitrogen and oxygen atoms in total. The molecule has 0 radical (unpaired) electrons. The van der Waals surface area contributed by atoms with Gasteiger partial charge in [-0.15, -0.1) is 0 Å². The van der Waals surface area contributed by atoms with Crippen LogP contribution in [0.1, 0.15) is 50.8 Å². The van der Waals surface area contributed by atoms with Crippen LogP contribution in [0.4, 0.5) is 5.69 Å². The minimum Gasteiger partial charge on any atom is -0.381 e. The first kappa shape index (κ1) is 17.7. The highest BCUT2D eigenvalue weighted by Gasteiger charge is 2.20. The Bertz CT molecular complexity index is 753. The van der Waals surface area contributed by atoms with E-state index in [4.69, 9.17) is 9.72 Å². The van der Waals surface area contributed by atoms with E-state index >= 15 is 0 Å². The molecule has 3 heterocycles. The Hall–Kier alpha value is -2.13. The van der Waals surface area contributed by atoms with Gasteiger partial charge in [0, 0.05) is 37.1 Å². The summed E-state index contributed by atoms with van der Waals surface area (Å²) in [6.07, 6.45) is 7.45. The number of anilines is 1. The molecule has 1 N–H and O–H groups in total. The summed E-state index contributed by atoms with van der Waals surface area (Å²) in [6.45, 7) is 6.61. The Labute approximate surface area is 149 Å². The second-order valence-corrected chi connectivity index (χ2v) is 6.54. The highest BCUT2D eigenvalue weighted by molar-refractivity contribution is 5.91. The molecule has 1 fully saturated rings. The van der Waals surface area contributed by atoms with Crippen molar-refractivity contribution in [3.63, 3.8) is 0 Å². The van der Waals surface area contributed by atoms with Crippen LogP contribution in [0.3, 0.4) is 0 Å². The van der Waals surface area contributed by atoms with E-state index in [9.17, 15) is 5.26 Å². The van der Waals surface area contributed by atoms with Crippen LogP contribution in [0.5, 0.6) is 0 Å². The van der Waals surface area contributed by atoms with Crippen LogP contribution in [0, 0.1) is 11.3 Å². The lowest BCUT2D eigenvalue weighted by atomic mass is 10.0. The van der Waals surface area contributed by atoms with Crippen molar-refractivity contribution in [2.24, 2.45) is 0 Å². The summed E-state index contributed by atoms with van der Waals surface area (Å²) in [7, 11) is 0. The minimum absolute atomic E-state index is 0.359. The van der Waals surface area contributed by atoms with Gasteiger partial charge in [-0.25, -0.2) is 9.67 Å². The molecular weight excluding hydrogens is 314 g/mol. The molecule has 1 unspecified atom stereocenters. The van der Waals surface area contributed by atoms with Gasteiger partial charge >= 0.3 is 0 Å². The molecule has 2 aromatic rings. The number of pyridine rings is 1. The van der Waals surface area contributed by atoms with E-state index in [0.29, 0.717) is 12.5 Å².